The van der Waals surface area contributed by atoms with E-state index in [0.29, 0.717) is 24.3 Å². The molecule has 0 aliphatic carbocycles. The molecule has 3 aromatic rings. The van der Waals surface area contributed by atoms with Crippen LogP contribution in [0.5, 0.6) is 5.75 Å². The van der Waals surface area contributed by atoms with Gasteiger partial charge in [0, 0.05) is 41.8 Å². The number of ketones is 1. The summed E-state index contributed by atoms with van der Waals surface area (Å²) in [6.45, 7) is 2.78. The molecular weight excluding hydrogens is 484 g/mol. The number of nitrogens with zero attached hydrogens (tertiary/aromatic N) is 1. The van der Waals surface area contributed by atoms with E-state index in [1.165, 1.54) is 29.6 Å². The smallest absolute Gasteiger partial charge is 0.331 e. The number of H-pyrrole nitrogens is 1. The van der Waals surface area contributed by atoms with E-state index in [4.69, 9.17) is 14.2 Å². The number of hydrogen-bond acceptors (Lipinski definition) is 7. The summed E-state index contributed by atoms with van der Waals surface area (Å²) in [7, 11) is -2.41. The lowest BCUT2D eigenvalue weighted by atomic mass is 10.1. The zero-order chi connectivity index (χ0) is 25.7. The Morgan fingerprint density at radius 3 is 2.67 bits per heavy atom. The van der Waals surface area contributed by atoms with Crippen molar-refractivity contribution in [3.8, 4) is 5.75 Å². The van der Waals surface area contributed by atoms with Gasteiger partial charge in [-0.15, -0.1) is 0 Å². The highest BCUT2D eigenvalue weighted by atomic mass is 32.2. The first-order valence-electron chi connectivity index (χ1n) is 11.6. The average molecular weight is 513 g/mol. The normalized spacial score (nSPS) is 14.8. The number of benzene rings is 2. The molecule has 9 nitrogen and oxygen atoms in total. The van der Waals surface area contributed by atoms with Gasteiger partial charge >= 0.3 is 5.97 Å². The number of sulfonamides is 1. The molecule has 0 bridgehead atoms. The Labute approximate surface area is 209 Å². The molecule has 4 rings (SSSR count). The third-order valence-electron chi connectivity index (χ3n) is 6.02. The maximum atomic E-state index is 13.1. The second-order valence-electron chi connectivity index (χ2n) is 8.19. The minimum absolute atomic E-state index is 0.00313. The lowest BCUT2D eigenvalue weighted by molar-refractivity contribution is -0.136. The van der Waals surface area contributed by atoms with E-state index in [9.17, 15) is 18.0 Å². The highest BCUT2D eigenvalue weighted by Crippen LogP contribution is 2.29. The van der Waals surface area contributed by atoms with Gasteiger partial charge in [0.2, 0.25) is 15.8 Å². The molecule has 1 fully saturated rings. The third-order valence-corrected chi connectivity index (χ3v) is 7.94. The quantitative estimate of drug-likeness (QED) is 0.266. The summed E-state index contributed by atoms with van der Waals surface area (Å²) in [6, 6.07) is 10.3. The standard InChI is InChI=1S/C26H28N2O7S/c1-3-19-5-4-6-20-21(16-27-26(19)20)22(29)17-35-25(30)10-8-18-7-9-23(33-2)24(15-18)36(31,32)28-11-13-34-14-12-28/h4-10,15-16,27H,3,11-14,17H2,1-2H3/b10-8+. The van der Waals surface area contributed by atoms with E-state index in [0.717, 1.165) is 29.0 Å². The number of carbonyl (C=O) groups is 2. The van der Waals surface area contributed by atoms with Crippen LogP contribution in [0.15, 0.2) is 53.6 Å². The SMILES string of the molecule is CCc1cccc2c(C(=O)COC(=O)/C=C/c3ccc(OC)c(S(=O)(=O)N4CCOCC4)c3)c[nH]c12. The zero-order valence-corrected chi connectivity index (χ0v) is 21.0. The van der Waals surface area contributed by atoms with E-state index in [2.05, 4.69) is 4.98 Å². The number of rotatable bonds is 9. The average Bonchev–Trinajstić information content (AvgIpc) is 3.35. The number of morpholine rings is 1. The summed E-state index contributed by atoms with van der Waals surface area (Å²) in [5, 5.41) is 0.790. The molecule has 0 unspecified atom stereocenters. The number of fused-ring (bicyclic) bond motifs is 1. The van der Waals surface area contributed by atoms with Crippen LogP contribution in [-0.4, -0.2) is 69.5 Å². The lowest BCUT2D eigenvalue weighted by Gasteiger charge is -2.26. The number of para-hydroxylation sites is 1. The maximum Gasteiger partial charge on any atom is 0.331 e. The van der Waals surface area contributed by atoms with Crippen LogP contribution in [0.3, 0.4) is 0 Å². The molecule has 10 heteroatoms. The number of carbonyl (C=O) groups excluding carboxylic acids is 2. The van der Waals surface area contributed by atoms with Crippen LogP contribution in [0.1, 0.15) is 28.4 Å². The van der Waals surface area contributed by atoms with E-state index >= 15 is 0 Å². The molecule has 0 atom stereocenters. The molecule has 1 saturated heterocycles. The number of aryl methyl sites for hydroxylation is 1. The number of esters is 1. The van der Waals surface area contributed by atoms with Crippen molar-refractivity contribution < 1.29 is 32.2 Å². The van der Waals surface area contributed by atoms with Crippen molar-refractivity contribution in [2.45, 2.75) is 18.2 Å². The minimum atomic E-state index is -3.80. The Balaban J connectivity index is 1.44. The minimum Gasteiger partial charge on any atom is -0.495 e. The number of methoxy groups -OCH3 is 1. The predicted molar refractivity (Wildman–Crippen MR) is 135 cm³/mol. The monoisotopic (exact) mass is 512 g/mol. The maximum absolute atomic E-state index is 13.1. The number of hydrogen-bond donors (Lipinski definition) is 1. The predicted octanol–water partition coefficient (Wildman–Crippen LogP) is 3.20. The van der Waals surface area contributed by atoms with E-state index in [-0.39, 0.29) is 29.5 Å². The van der Waals surface area contributed by atoms with Gasteiger partial charge in [0.05, 0.1) is 20.3 Å². The molecule has 0 spiro atoms. The number of aromatic nitrogens is 1. The highest BCUT2D eigenvalue weighted by molar-refractivity contribution is 7.89. The molecule has 190 valence electrons. The van der Waals surface area contributed by atoms with Crippen LogP contribution in [0.25, 0.3) is 17.0 Å². The highest BCUT2D eigenvalue weighted by Gasteiger charge is 2.29. The second-order valence-corrected chi connectivity index (χ2v) is 10.1. The third kappa shape index (κ3) is 5.35. The van der Waals surface area contributed by atoms with Gasteiger partial charge in [-0.25, -0.2) is 13.2 Å². The molecule has 1 aliphatic rings. The zero-order valence-electron chi connectivity index (χ0n) is 20.2. The summed E-state index contributed by atoms with van der Waals surface area (Å²) in [4.78, 5) is 28.1. The molecule has 1 N–H and O–H groups in total. The molecule has 36 heavy (non-hydrogen) atoms. The summed E-state index contributed by atoms with van der Waals surface area (Å²) in [5.74, 6) is -0.831. The number of aromatic amines is 1. The first-order chi connectivity index (χ1) is 17.3. The fourth-order valence-corrected chi connectivity index (χ4v) is 5.69. The fourth-order valence-electron chi connectivity index (χ4n) is 4.09. The first kappa shape index (κ1) is 25.6. The fraction of sp³-hybridized carbons (Fsp3) is 0.308. The Kier molecular flexibility index (Phi) is 7.88. The molecular formula is C26H28N2O7S. The van der Waals surface area contributed by atoms with E-state index in [1.807, 2.05) is 25.1 Å². The van der Waals surface area contributed by atoms with Gasteiger partial charge in [-0.2, -0.15) is 4.31 Å². The number of nitrogens with one attached hydrogen (secondary N) is 1. The molecule has 2 aromatic carbocycles. The van der Waals surface area contributed by atoms with Gasteiger partial charge in [0.1, 0.15) is 10.6 Å². The Hall–Kier alpha value is -3.47. The van der Waals surface area contributed by atoms with Gasteiger partial charge in [-0.1, -0.05) is 31.2 Å². The van der Waals surface area contributed by atoms with Crippen LogP contribution in [0.2, 0.25) is 0 Å². The van der Waals surface area contributed by atoms with Gasteiger partial charge in [0.15, 0.2) is 6.61 Å². The largest absolute Gasteiger partial charge is 0.495 e. The van der Waals surface area contributed by atoms with Gasteiger partial charge in [-0.05, 0) is 35.8 Å². The molecule has 0 radical (unpaired) electrons. The molecule has 2 heterocycles. The van der Waals surface area contributed by atoms with Crippen LogP contribution >= 0.6 is 0 Å². The van der Waals surface area contributed by atoms with Crippen molar-refractivity contribution in [2.75, 3.05) is 40.0 Å². The Bertz CT molecular complexity index is 1400. The lowest BCUT2D eigenvalue weighted by Crippen LogP contribution is -2.40. The summed E-state index contributed by atoms with van der Waals surface area (Å²) >= 11 is 0. The molecule has 0 amide bonds. The van der Waals surface area contributed by atoms with Gasteiger partial charge in [-0.3, -0.25) is 4.79 Å². The van der Waals surface area contributed by atoms with Crippen molar-refractivity contribution in [2.24, 2.45) is 0 Å². The van der Waals surface area contributed by atoms with Crippen LogP contribution < -0.4 is 4.74 Å². The van der Waals surface area contributed by atoms with E-state index in [1.54, 1.807) is 12.3 Å². The van der Waals surface area contributed by atoms with Gasteiger partial charge in [0.25, 0.3) is 0 Å². The van der Waals surface area contributed by atoms with Crippen molar-refractivity contribution >= 4 is 38.8 Å². The van der Waals surface area contributed by atoms with Gasteiger partial charge < -0.3 is 19.2 Å². The van der Waals surface area contributed by atoms with Crippen LogP contribution in [0, 0.1) is 0 Å². The van der Waals surface area contributed by atoms with Crippen LogP contribution in [-0.2, 0) is 30.7 Å². The summed E-state index contributed by atoms with van der Waals surface area (Å²) < 4.78 is 43.2. The van der Waals surface area contributed by atoms with Crippen molar-refractivity contribution in [1.82, 2.24) is 9.29 Å². The Morgan fingerprint density at radius 1 is 1.17 bits per heavy atom. The molecule has 0 saturated carbocycles. The second kappa shape index (κ2) is 11.1. The van der Waals surface area contributed by atoms with E-state index < -0.39 is 22.6 Å². The summed E-state index contributed by atoms with van der Waals surface area (Å²) in [6.07, 6.45) is 5.05. The van der Waals surface area contributed by atoms with Crippen LogP contribution in [0.4, 0.5) is 0 Å². The first-order valence-corrected chi connectivity index (χ1v) is 13.0. The summed E-state index contributed by atoms with van der Waals surface area (Å²) in [5.41, 5.74) is 2.93. The number of Topliss-reactive ketones (excluding diaryl/α,β-unsaturated/α-hetero) is 1. The topological polar surface area (TPSA) is 115 Å². The van der Waals surface area contributed by atoms with Crippen molar-refractivity contribution in [3.05, 3.63) is 65.4 Å². The molecule has 1 aliphatic heterocycles. The van der Waals surface area contributed by atoms with Crippen molar-refractivity contribution in [1.29, 1.82) is 0 Å². The Morgan fingerprint density at radius 2 is 1.94 bits per heavy atom. The van der Waals surface area contributed by atoms with Crippen molar-refractivity contribution in [3.63, 3.8) is 0 Å². The molecule has 1 aromatic heterocycles. The number of ether oxygens (including phenoxy) is 3.